The van der Waals surface area contributed by atoms with Gasteiger partial charge in [-0.1, -0.05) is 28.9 Å². The van der Waals surface area contributed by atoms with E-state index in [1.165, 1.54) is 0 Å². The van der Waals surface area contributed by atoms with Crippen LogP contribution in [0.15, 0.2) is 29.4 Å². The summed E-state index contributed by atoms with van der Waals surface area (Å²) in [6.07, 6.45) is -0.977. The van der Waals surface area contributed by atoms with E-state index in [0.29, 0.717) is 10.6 Å². The second-order valence-corrected chi connectivity index (χ2v) is 3.12. The average molecular weight is 231 g/mol. The SMILES string of the molecule is O=NCC(O[N+](=O)[O-])c1ccc(Cl)cc1. The highest BCUT2D eigenvalue weighted by molar-refractivity contribution is 6.30. The molecular weight excluding hydrogens is 224 g/mol. The van der Waals surface area contributed by atoms with Crippen molar-refractivity contribution >= 4 is 11.6 Å². The lowest BCUT2D eigenvalue weighted by Gasteiger charge is -2.11. The predicted molar refractivity (Wildman–Crippen MR) is 52.9 cm³/mol. The molecule has 0 saturated heterocycles. The Hall–Kier alpha value is -1.69. The highest BCUT2D eigenvalue weighted by Gasteiger charge is 2.15. The minimum absolute atomic E-state index is 0.317. The highest BCUT2D eigenvalue weighted by Crippen LogP contribution is 2.20. The number of hydrogen-bond acceptors (Lipinski definition) is 5. The first kappa shape index (κ1) is 11.4. The maximum absolute atomic E-state index is 10.1. The molecule has 0 radical (unpaired) electrons. The summed E-state index contributed by atoms with van der Waals surface area (Å²) < 4.78 is 0. The summed E-state index contributed by atoms with van der Waals surface area (Å²) in [5.74, 6) is 0. The van der Waals surface area contributed by atoms with Gasteiger partial charge in [0.2, 0.25) is 0 Å². The Labute approximate surface area is 89.9 Å². The minimum Gasteiger partial charge on any atom is -0.304 e. The Balaban J connectivity index is 2.83. The van der Waals surface area contributed by atoms with Gasteiger partial charge in [-0.15, -0.1) is 10.1 Å². The standard InChI is InChI=1S/C8H7ClN2O4/c9-7-3-1-6(2-4-7)8(5-10-12)15-11(13)14/h1-4,8H,5H2. The molecule has 15 heavy (non-hydrogen) atoms. The van der Waals surface area contributed by atoms with Gasteiger partial charge in [-0.2, -0.15) is 4.91 Å². The third-order valence-electron chi connectivity index (χ3n) is 1.70. The van der Waals surface area contributed by atoms with Gasteiger partial charge >= 0.3 is 0 Å². The second-order valence-electron chi connectivity index (χ2n) is 2.68. The van der Waals surface area contributed by atoms with Crippen molar-refractivity contribution in [2.75, 3.05) is 6.54 Å². The highest BCUT2D eigenvalue weighted by atomic mass is 35.5. The first-order valence-electron chi connectivity index (χ1n) is 3.99. The molecule has 0 aromatic heterocycles. The van der Waals surface area contributed by atoms with Crippen LogP contribution in [0.25, 0.3) is 0 Å². The summed E-state index contributed by atoms with van der Waals surface area (Å²) in [6, 6.07) is 6.19. The third kappa shape index (κ3) is 3.51. The summed E-state index contributed by atoms with van der Waals surface area (Å²) in [5.41, 5.74) is 0.482. The average Bonchev–Trinajstić information content (AvgIpc) is 2.17. The molecule has 6 nitrogen and oxygen atoms in total. The van der Waals surface area contributed by atoms with E-state index in [2.05, 4.69) is 10.0 Å². The van der Waals surface area contributed by atoms with Crippen LogP contribution in [0.5, 0.6) is 0 Å². The molecule has 80 valence electrons. The maximum Gasteiger partial charge on any atom is 0.295 e. The number of nitroso groups, excluding NO2 is 1. The minimum atomic E-state index is -0.977. The van der Waals surface area contributed by atoms with E-state index in [9.17, 15) is 15.0 Å². The lowest BCUT2D eigenvalue weighted by molar-refractivity contribution is -0.770. The van der Waals surface area contributed by atoms with Crippen LogP contribution in [0, 0.1) is 15.0 Å². The van der Waals surface area contributed by atoms with Gasteiger partial charge in [-0.3, -0.25) is 0 Å². The fourth-order valence-electron chi connectivity index (χ4n) is 1.05. The van der Waals surface area contributed by atoms with E-state index in [-0.39, 0.29) is 6.54 Å². The molecule has 1 aromatic carbocycles. The van der Waals surface area contributed by atoms with Crippen LogP contribution >= 0.6 is 11.6 Å². The van der Waals surface area contributed by atoms with Crippen molar-refractivity contribution in [2.24, 2.45) is 5.18 Å². The Bertz CT molecular complexity index is 354. The van der Waals surface area contributed by atoms with E-state index in [1.807, 2.05) is 0 Å². The van der Waals surface area contributed by atoms with Crippen molar-refractivity contribution in [1.82, 2.24) is 0 Å². The van der Waals surface area contributed by atoms with E-state index >= 15 is 0 Å². The quantitative estimate of drug-likeness (QED) is 0.442. The summed E-state index contributed by atoms with van der Waals surface area (Å²) in [6.45, 7) is -0.317. The molecule has 1 unspecified atom stereocenters. The maximum atomic E-state index is 10.1. The molecule has 0 heterocycles. The zero-order valence-electron chi connectivity index (χ0n) is 7.50. The van der Waals surface area contributed by atoms with Crippen molar-refractivity contribution in [1.29, 1.82) is 0 Å². The molecular formula is C8H7ClN2O4. The first-order valence-corrected chi connectivity index (χ1v) is 4.37. The van der Waals surface area contributed by atoms with Crippen LogP contribution in [0.1, 0.15) is 11.7 Å². The van der Waals surface area contributed by atoms with Gasteiger partial charge in [0.25, 0.3) is 5.09 Å². The molecule has 0 aliphatic carbocycles. The summed E-state index contributed by atoms with van der Waals surface area (Å²) in [5, 5.41) is 12.3. The monoisotopic (exact) mass is 230 g/mol. The molecule has 1 rings (SSSR count). The van der Waals surface area contributed by atoms with E-state index in [1.54, 1.807) is 24.3 Å². The van der Waals surface area contributed by atoms with Crippen LogP contribution in [0.2, 0.25) is 5.02 Å². The Morgan fingerprint density at radius 1 is 1.47 bits per heavy atom. The smallest absolute Gasteiger partial charge is 0.295 e. The normalized spacial score (nSPS) is 11.8. The molecule has 0 bridgehead atoms. The van der Waals surface area contributed by atoms with Gasteiger partial charge in [0.15, 0.2) is 6.10 Å². The van der Waals surface area contributed by atoms with Gasteiger partial charge in [0.05, 0.1) is 0 Å². The zero-order valence-corrected chi connectivity index (χ0v) is 8.26. The zero-order chi connectivity index (χ0) is 11.3. The van der Waals surface area contributed by atoms with Crippen molar-refractivity contribution in [3.05, 3.63) is 49.9 Å². The van der Waals surface area contributed by atoms with Crippen molar-refractivity contribution in [2.45, 2.75) is 6.10 Å². The predicted octanol–water partition coefficient (Wildman–Crippen LogP) is 2.36. The fraction of sp³-hybridized carbons (Fsp3) is 0.250. The molecule has 0 saturated carbocycles. The van der Waals surface area contributed by atoms with Crippen LogP contribution in [-0.2, 0) is 4.84 Å². The van der Waals surface area contributed by atoms with Crippen molar-refractivity contribution in [3.63, 3.8) is 0 Å². The summed E-state index contributed by atoms with van der Waals surface area (Å²) in [4.78, 5) is 24.5. The van der Waals surface area contributed by atoms with Gasteiger partial charge in [0, 0.05) is 5.02 Å². The molecule has 1 aromatic rings. The molecule has 0 aliphatic heterocycles. The molecule has 0 N–H and O–H groups in total. The number of halogens is 1. The van der Waals surface area contributed by atoms with Crippen molar-refractivity contribution < 1.29 is 9.92 Å². The Morgan fingerprint density at radius 3 is 2.53 bits per heavy atom. The van der Waals surface area contributed by atoms with Crippen LogP contribution in [0.4, 0.5) is 0 Å². The van der Waals surface area contributed by atoms with E-state index < -0.39 is 11.2 Å². The second kappa shape index (κ2) is 5.26. The lowest BCUT2D eigenvalue weighted by atomic mass is 10.1. The fourth-order valence-corrected chi connectivity index (χ4v) is 1.17. The number of rotatable bonds is 5. The Morgan fingerprint density at radius 2 is 2.07 bits per heavy atom. The van der Waals surface area contributed by atoms with Gasteiger partial charge in [-0.05, 0) is 17.7 Å². The van der Waals surface area contributed by atoms with Gasteiger partial charge in [0.1, 0.15) is 6.54 Å². The van der Waals surface area contributed by atoms with E-state index in [4.69, 9.17) is 11.6 Å². The molecule has 1 atom stereocenters. The molecule has 0 fully saturated rings. The topological polar surface area (TPSA) is 81.8 Å². The van der Waals surface area contributed by atoms with Gasteiger partial charge < -0.3 is 4.84 Å². The molecule has 0 spiro atoms. The number of nitrogens with zero attached hydrogens (tertiary/aromatic N) is 2. The summed E-state index contributed by atoms with van der Waals surface area (Å²) >= 11 is 5.64. The number of hydrogen-bond donors (Lipinski definition) is 0. The lowest BCUT2D eigenvalue weighted by Crippen LogP contribution is -2.12. The summed E-state index contributed by atoms with van der Waals surface area (Å²) in [7, 11) is 0. The van der Waals surface area contributed by atoms with E-state index in [0.717, 1.165) is 0 Å². The largest absolute Gasteiger partial charge is 0.304 e. The third-order valence-corrected chi connectivity index (χ3v) is 1.95. The molecule has 0 aliphatic rings. The number of benzene rings is 1. The van der Waals surface area contributed by atoms with Crippen LogP contribution in [0.3, 0.4) is 0 Å². The van der Waals surface area contributed by atoms with Crippen LogP contribution < -0.4 is 0 Å². The Kier molecular flexibility index (Phi) is 3.99. The molecule has 7 heteroatoms. The van der Waals surface area contributed by atoms with Crippen LogP contribution in [-0.4, -0.2) is 11.6 Å². The van der Waals surface area contributed by atoms with Gasteiger partial charge in [-0.25, -0.2) is 0 Å². The molecule has 0 amide bonds. The van der Waals surface area contributed by atoms with Crippen molar-refractivity contribution in [3.8, 4) is 0 Å². The first-order chi connectivity index (χ1) is 7.13.